The third-order valence-corrected chi connectivity index (χ3v) is 1.88. The number of hydrogen-bond acceptors (Lipinski definition) is 2. The van der Waals surface area contributed by atoms with Crippen LogP contribution in [-0.2, 0) is 11.3 Å². The van der Waals surface area contributed by atoms with Crippen molar-refractivity contribution < 1.29 is 9.21 Å². The summed E-state index contributed by atoms with van der Waals surface area (Å²) in [5, 5.41) is 2.58. The van der Waals surface area contributed by atoms with Crippen LogP contribution in [0.4, 0.5) is 0 Å². The number of alkyl halides is 1. The van der Waals surface area contributed by atoms with Gasteiger partial charge in [-0.25, -0.2) is 0 Å². The predicted molar refractivity (Wildman–Crippen MR) is 49.0 cm³/mol. The Morgan fingerprint density at radius 3 is 2.92 bits per heavy atom. The lowest BCUT2D eigenvalue weighted by Gasteiger charge is -1.98. The maximum absolute atomic E-state index is 10.7. The first-order valence-electron chi connectivity index (χ1n) is 3.29. The summed E-state index contributed by atoms with van der Waals surface area (Å²) >= 11 is 8.42. The Bertz CT molecular complexity index is 274. The van der Waals surface area contributed by atoms with Crippen molar-refractivity contribution in [2.45, 2.75) is 6.54 Å². The molecule has 1 amide bonds. The summed E-state index contributed by atoms with van der Waals surface area (Å²) in [4.78, 5) is 10.7. The molecule has 0 saturated carbocycles. The van der Waals surface area contributed by atoms with Gasteiger partial charge in [0.05, 0.1) is 6.54 Å². The Labute approximate surface area is 83.2 Å². The molecule has 0 atom stereocenters. The van der Waals surface area contributed by atoms with Crippen LogP contribution in [-0.4, -0.2) is 11.8 Å². The van der Waals surface area contributed by atoms with Gasteiger partial charge in [0.25, 0.3) is 0 Å². The van der Waals surface area contributed by atoms with Gasteiger partial charge in [0.1, 0.15) is 11.6 Å². The first kappa shape index (κ1) is 9.61. The normalized spacial score (nSPS) is 9.83. The molecule has 0 unspecified atom stereocenters. The average molecular weight is 252 g/mol. The lowest BCUT2D eigenvalue weighted by molar-refractivity contribution is -0.118. The van der Waals surface area contributed by atoms with E-state index in [0.29, 0.717) is 17.0 Å². The van der Waals surface area contributed by atoms with E-state index in [-0.39, 0.29) is 11.8 Å². The standard InChI is InChI=1S/C7H7BrClNO2/c8-6-2-1-5(12-6)4-10-7(11)3-9/h1-2H,3-4H2,(H,10,11). The highest BCUT2D eigenvalue weighted by atomic mass is 79.9. The summed E-state index contributed by atoms with van der Waals surface area (Å²) in [5.41, 5.74) is 0. The minimum atomic E-state index is -0.204. The van der Waals surface area contributed by atoms with Gasteiger partial charge in [-0.15, -0.1) is 11.6 Å². The van der Waals surface area contributed by atoms with Gasteiger partial charge >= 0.3 is 0 Å². The van der Waals surface area contributed by atoms with E-state index in [4.69, 9.17) is 16.0 Å². The van der Waals surface area contributed by atoms with Crippen molar-refractivity contribution in [2.75, 3.05) is 5.88 Å². The highest BCUT2D eigenvalue weighted by Crippen LogP contribution is 2.13. The molecule has 0 fully saturated rings. The Hall–Kier alpha value is -0.480. The number of halogens is 2. The van der Waals surface area contributed by atoms with Crippen LogP contribution in [0.3, 0.4) is 0 Å². The molecule has 0 aliphatic rings. The molecule has 1 N–H and O–H groups in total. The molecule has 0 aromatic carbocycles. The minimum Gasteiger partial charge on any atom is -0.452 e. The largest absolute Gasteiger partial charge is 0.452 e. The maximum atomic E-state index is 10.7. The van der Waals surface area contributed by atoms with Crippen molar-refractivity contribution >= 4 is 33.4 Å². The summed E-state index contributed by atoms with van der Waals surface area (Å²) in [6.07, 6.45) is 0. The van der Waals surface area contributed by atoms with E-state index in [1.54, 1.807) is 12.1 Å². The number of amides is 1. The first-order chi connectivity index (χ1) is 5.72. The van der Waals surface area contributed by atoms with Crippen molar-refractivity contribution in [2.24, 2.45) is 0 Å². The highest BCUT2D eigenvalue weighted by Gasteiger charge is 2.01. The SMILES string of the molecule is O=C(CCl)NCc1ccc(Br)o1. The molecule has 66 valence electrons. The fraction of sp³-hybridized carbons (Fsp3) is 0.286. The van der Waals surface area contributed by atoms with E-state index in [2.05, 4.69) is 21.2 Å². The van der Waals surface area contributed by atoms with Crippen LogP contribution in [0.25, 0.3) is 0 Å². The van der Waals surface area contributed by atoms with Crippen LogP contribution in [0.5, 0.6) is 0 Å². The number of furan rings is 1. The van der Waals surface area contributed by atoms with Gasteiger partial charge in [-0.05, 0) is 28.1 Å². The van der Waals surface area contributed by atoms with Gasteiger partial charge in [-0.3, -0.25) is 4.79 Å². The van der Waals surface area contributed by atoms with Crippen molar-refractivity contribution in [3.8, 4) is 0 Å². The highest BCUT2D eigenvalue weighted by molar-refractivity contribution is 9.10. The van der Waals surface area contributed by atoms with E-state index in [1.165, 1.54) is 0 Å². The summed E-state index contributed by atoms with van der Waals surface area (Å²) in [7, 11) is 0. The Morgan fingerprint density at radius 1 is 1.67 bits per heavy atom. The zero-order valence-corrected chi connectivity index (χ0v) is 8.48. The Balaban J connectivity index is 2.38. The molecule has 0 aliphatic heterocycles. The van der Waals surface area contributed by atoms with Crippen molar-refractivity contribution in [1.29, 1.82) is 0 Å². The van der Waals surface area contributed by atoms with Gasteiger partial charge in [0.2, 0.25) is 5.91 Å². The molecular weight excluding hydrogens is 245 g/mol. The number of nitrogens with one attached hydrogen (secondary N) is 1. The maximum Gasteiger partial charge on any atom is 0.235 e. The molecule has 0 radical (unpaired) electrons. The molecule has 0 aliphatic carbocycles. The van der Waals surface area contributed by atoms with E-state index >= 15 is 0 Å². The summed E-state index contributed by atoms with van der Waals surface area (Å²) in [5.74, 6) is 0.464. The fourth-order valence-electron chi connectivity index (χ4n) is 0.680. The zero-order chi connectivity index (χ0) is 8.97. The predicted octanol–water partition coefficient (Wildman–Crippen LogP) is 1.90. The fourth-order valence-corrected chi connectivity index (χ4v) is 1.11. The van der Waals surface area contributed by atoms with Crippen molar-refractivity contribution in [1.82, 2.24) is 5.32 Å². The molecule has 1 rings (SSSR count). The molecule has 5 heteroatoms. The van der Waals surface area contributed by atoms with Crippen molar-refractivity contribution in [3.05, 3.63) is 22.6 Å². The second-order valence-corrected chi connectivity index (χ2v) is 3.17. The molecular formula is C7H7BrClNO2. The van der Waals surface area contributed by atoms with Gasteiger partial charge in [0.15, 0.2) is 4.67 Å². The van der Waals surface area contributed by atoms with E-state index in [0.717, 1.165) is 0 Å². The van der Waals surface area contributed by atoms with E-state index in [9.17, 15) is 4.79 Å². The third-order valence-electron chi connectivity index (χ3n) is 1.21. The number of carbonyl (C=O) groups excluding carboxylic acids is 1. The van der Waals surface area contributed by atoms with Gasteiger partial charge in [-0.2, -0.15) is 0 Å². The number of hydrogen-bond donors (Lipinski definition) is 1. The quantitative estimate of drug-likeness (QED) is 0.835. The Kier molecular flexibility index (Phi) is 3.62. The lowest BCUT2D eigenvalue weighted by atomic mass is 10.4. The molecule has 0 saturated heterocycles. The Morgan fingerprint density at radius 2 is 2.42 bits per heavy atom. The molecule has 0 bridgehead atoms. The van der Waals surface area contributed by atoms with Crippen LogP contribution < -0.4 is 5.32 Å². The average Bonchev–Trinajstić information content (AvgIpc) is 2.47. The molecule has 1 heterocycles. The second-order valence-electron chi connectivity index (χ2n) is 2.12. The van der Waals surface area contributed by atoms with Gasteiger partial charge in [0, 0.05) is 0 Å². The van der Waals surface area contributed by atoms with Crippen LogP contribution >= 0.6 is 27.5 Å². The topological polar surface area (TPSA) is 42.2 Å². The minimum absolute atomic E-state index is 0.0259. The summed E-state index contributed by atoms with van der Waals surface area (Å²) in [6, 6.07) is 3.54. The van der Waals surface area contributed by atoms with Crippen LogP contribution in [0.1, 0.15) is 5.76 Å². The molecule has 1 aromatic heterocycles. The van der Waals surface area contributed by atoms with Crippen LogP contribution in [0.15, 0.2) is 21.2 Å². The molecule has 1 aromatic rings. The van der Waals surface area contributed by atoms with E-state index < -0.39 is 0 Å². The third kappa shape index (κ3) is 2.87. The molecule has 12 heavy (non-hydrogen) atoms. The zero-order valence-electron chi connectivity index (χ0n) is 6.14. The summed E-state index contributed by atoms with van der Waals surface area (Å²) in [6.45, 7) is 0.372. The van der Waals surface area contributed by atoms with Crippen LogP contribution in [0, 0.1) is 0 Å². The first-order valence-corrected chi connectivity index (χ1v) is 4.62. The number of carbonyl (C=O) groups is 1. The van der Waals surface area contributed by atoms with E-state index in [1.807, 2.05) is 0 Å². The van der Waals surface area contributed by atoms with Crippen LogP contribution in [0.2, 0.25) is 0 Å². The second kappa shape index (κ2) is 4.52. The van der Waals surface area contributed by atoms with Gasteiger partial charge < -0.3 is 9.73 Å². The molecule has 3 nitrogen and oxygen atoms in total. The van der Waals surface area contributed by atoms with Gasteiger partial charge in [-0.1, -0.05) is 0 Å². The van der Waals surface area contributed by atoms with Crippen molar-refractivity contribution in [3.63, 3.8) is 0 Å². The molecule has 0 spiro atoms. The lowest BCUT2D eigenvalue weighted by Crippen LogP contribution is -2.23. The monoisotopic (exact) mass is 251 g/mol. The number of rotatable bonds is 3. The smallest absolute Gasteiger partial charge is 0.235 e. The summed E-state index contributed by atoms with van der Waals surface area (Å²) < 4.78 is 5.79.